The Kier molecular flexibility index (Phi) is 4.28. The van der Waals surface area contributed by atoms with Crippen molar-refractivity contribution in [3.63, 3.8) is 0 Å². The molecule has 0 bridgehead atoms. The van der Waals surface area contributed by atoms with Crippen LogP contribution in [-0.4, -0.2) is 29.0 Å². The van der Waals surface area contributed by atoms with E-state index in [1.807, 2.05) is 0 Å². The molecule has 1 atom stereocenters. The number of nitriles is 1. The number of nitrogens with zero attached hydrogens (tertiary/aromatic N) is 3. The maximum absolute atomic E-state index is 11.1. The van der Waals surface area contributed by atoms with Gasteiger partial charge in [0.2, 0.25) is 5.69 Å². The summed E-state index contributed by atoms with van der Waals surface area (Å²) in [6, 6.07) is 1.86. The van der Waals surface area contributed by atoms with Gasteiger partial charge in [0.25, 0.3) is 0 Å². The van der Waals surface area contributed by atoms with Crippen molar-refractivity contribution in [1.82, 2.24) is 4.98 Å². The van der Waals surface area contributed by atoms with Crippen LogP contribution in [0.25, 0.3) is 0 Å². The number of hydrogen-bond donors (Lipinski definition) is 1. The summed E-state index contributed by atoms with van der Waals surface area (Å²) in [5, 5.41) is 19.4. The number of ether oxygens (including phenoxy) is 1. The molecule has 0 unspecified atom stereocenters. The largest absolute Gasteiger partial charge is 0.468 e. The van der Waals surface area contributed by atoms with Crippen LogP contribution in [0.1, 0.15) is 11.3 Å². The van der Waals surface area contributed by atoms with E-state index in [1.54, 1.807) is 6.07 Å². The second kappa shape index (κ2) is 5.70. The second-order valence-corrected chi connectivity index (χ2v) is 3.41. The van der Waals surface area contributed by atoms with Crippen LogP contribution in [0.5, 0.6) is 0 Å². The Hall–Kier alpha value is -2.53. The normalized spacial score (nSPS) is 11.4. The number of aromatic nitrogens is 1. The van der Waals surface area contributed by atoms with Crippen molar-refractivity contribution < 1.29 is 14.5 Å². The summed E-state index contributed by atoms with van der Waals surface area (Å²) >= 11 is 0. The van der Waals surface area contributed by atoms with E-state index in [2.05, 4.69) is 9.72 Å². The Morgan fingerprint density at radius 1 is 1.78 bits per heavy atom. The standard InChI is InChI=1S/C10H10N4O4/c1-18-10(15)7(12)2-6-3-9(14(16)17)8(4-11)13-5-6/h3,5,7H,2,12H2,1H3/t7-/m0/s1. The summed E-state index contributed by atoms with van der Waals surface area (Å²) in [5.41, 5.74) is 5.21. The number of pyridine rings is 1. The maximum Gasteiger partial charge on any atom is 0.322 e. The first-order chi connectivity index (χ1) is 8.49. The average molecular weight is 250 g/mol. The Morgan fingerprint density at radius 3 is 2.94 bits per heavy atom. The zero-order chi connectivity index (χ0) is 13.7. The van der Waals surface area contributed by atoms with Crippen LogP contribution in [0.2, 0.25) is 0 Å². The molecule has 1 heterocycles. The van der Waals surface area contributed by atoms with Crippen LogP contribution in [-0.2, 0) is 16.0 Å². The molecular formula is C10H10N4O4. The van der Waals surface area contributed by atoms with E-state index >= 15 is 0 Å². The number of carbonyl (C=O) groups excluding carboxylic acids is 1. The van der Waals surface area contributed by atoms with Crippen LogP contribution >= 0.6 is 0 Å². The highest BCUT2D eigenvalue weighted by atomic mass is 16.6. The molecule has 2 N–H and O–H groups in total. The van der Waals surface area contributed by atoms with Crippen LogP contribution in [0, 0.1) is 21.4 Å². The quantitative estimate of drug-likeness (QED) is 0.448. The highest BCUT2D eigenvalue weighted by Gasteiger charge is 2.19. The van der Waals surface area contributed by atoms with Gasteiger partial charge in [-0.3, -0.25) is 14.9 Å². The van der Waals surface area contributed by atoms with Gasteiger partial charge in [0, 0.05) is 12.3 Å². The molecule has 8 nitrogen and oxygen atoms in total. The first-order valence-electron chi connectivity index (χ1n) is 4.86. The Morgan fingerprint density at radius 2 is 2.44 bits per heavy atom. The predicted octanol–water partition coefficient (Wildman–Crippen LogP) is -0.0957. The smallest absolute Gasteiger partial charge is 0.322 e. The predicted molar refractivity (Wildman–Crippen MR) is 59.3 cm³/mol. The minimum Gasteiger partial charge on any atom is -0.468 e. The zero-order valence-corrected chi connectivity index (χ0v) is 9.49. The van der Waals surface area contributed by atoms with Gasteiger partial charge in [-0.2, -0.15) is 5.26 Å². The van der Waals surface area contributed by atoms with Crippen LogP contribution in [0.15, 0.2) is 12.3 Å². The van der Waals surface area contributed by atoms with Gasteiger partial charge in [0.05, 0.1) is 12.0 Å². The fourth-order valence-electron chi connectivity index (χ4n) is 1.32. The number of methoxy groups -OCH3 is 1. The molecule has 0 fully saturated rings. The maximum atomic E-state index is 11.1. The summed E-state index contributed by atoms with van der Waals surface area (Å²) in [7, 11) is 1.20. The molecule has 0 aliphatic carbocycles. The van der Waals surface area contributed by atoms with E-state index in [4.69, 9.17) is 11.0 Å². The Labute approximate surface area is 102 Å². The van der Waals surface area contributed by atoms with Crippen LogP contribution in [0.3, 0.4) is 0 Å². The average Bonchev–Trinajstić information content (AvgIpc) is 2.37. The fourth-order valence-corrected chi connectivity index (χ4v) is 1.32. The first kappa shape index (κ1) is 13.5. The third kappa shape index (κ3) is 2.99. The molecule has 0 saturated heterocycles. The van der Waals surface area contributed by atoms with Gasteiger partial charge >= 0.3 is 11.7 Å². The van der Waals surface area contributed by atoms with Gasteiger partial charge in [0.1, 0.15) is 12.1 Å². The first-order valence-corrected chi connectivity index (χ1v) is 4.86. The molecule has 0 aliphatic rings. The molecule has 0 radical (unpaired) electrons. The fraction of sp³-hybridized carbons (Fsp3) is 0.300. The van der Waals surface area contributed by atoms with E-state index in [0.29, 0.717) is 5.56 Å². The Balaban J connectivity index is 2.99. The number of nitro groups is 1. The van der Waals surface area contributed by atoms with Crippen molar-refractivity contribution in [3.05, 3.63) is 33.6 Å². The SMILES string of the molecule is COC(=O)[C@@H](N)Cc1cnc(C#N)c([N+](=O)[O-])c1. The highest BCUT2D eigenvalue weighted by Crippen LogP contribution is 2.17. The molecule has 1 aromatic heterocycles. The van der Waals surface area contributed by atoms with Crippen molar-refractivity contribution in [1.29, 1.82) is 5.26 Å². The van der Waals surface area contributed by atoms with Gasteiger partial charge in [0.15, 0.2) is 0 Å². The number of hydrogen-bond acceptors (Lipinski definition) is 7. The van der Waals surface area contributed by atoms with Gasteiger partial charge < -0.3 is 10.5 Å². The summed E-state index contributed by atoms with van der Waals surface area (Å²) < 4.78 is 4.44. The molecule has 8 heteroatoms. The molecule has 0 spiro atoms. The molecule has 1 aromatic rings. The number of esters is 1. The third-order valence-corrected chi connectivity index (χ3v) is 2.19. The topological polar surface area (TPSA) is 132 Å². The summed E-state index contributed by atoms with van der Waals surface area (Å²) in [6.45, 7) is 0. The summed E-state index contributed by atoms with van der Waals surface area (Å²) in [5.74, 6) is -0.623. The molecule has 1 rings (SSSR count). The second-order valence-electron chi connectivity index (χ2n) is 3.41. The Bertz CT molecular complexity index is 523. The lowest BCUT2D eigenvalue weighted by Gasteiger charge is -2.08. The lowest BCUT2D eigenvalue weighted by atomic mass is 10.1. The van der Waals surface area contributed by atoms with Gasteiger partial charge in [-0.25, -0.2) is 4.98 Å². The minimum absolute atomic E-state index is 0.0478. The molecule has 18 heavy (non-hydrogen) atoms. The van der Waals surface area contributed by atoms with Gasteiger partial charge in [-0.1, -0.05) is 0 Å². The monoisotopic (exact) mass is 250 g/mol. The molecule has 94 valence electrons. The number of nitrogens with two attached hydrogens (primary N) is 1. The number of rotatable bonds is 4. The molecule has 0 amide bonds. The summed E-state index contributed by atoms with van der Waals surface area (Å²) in [6.07, 6.45) is 1.32. The van der Waals surface area contributed by atoms with E-state index in [1.165, 1.54) is 19.4 Å². The summed E-state index contributed by atoms with van der Waals surface area (Å²) in [4.78, 5) is 24.7. The minimum atomic E-state index is -0.927. The van der Waals surface area contributed by atoms with E-state index in [-0.39, 0.29) is 12.1 Å². The van der Waals surface area contributed by atoms with Gasteiger partial charge in [-0.15, -0.1) is 0 Å². The lowest BCUT2D eigenvalue weighted by molar-refractivity contribution is -0.385. The van der Waals surface area contributed by atoms with Crippen molar-refractivity contribution >= 4 is 11.7 Å². The van der Waals surface area contributed by atoms with Crippen LogP contribution < -0.4 is 5.73 Å². The molecular weight excluding hydrogens is 240 g/mol. The van der Waals surface area contributed by atoms with E-state index in [9.17, 15) is 14.9 Å². The van der Waals surface area contributed by atoms with Crippen molar-refractivity contribution in [2.45, 2.75) is 12.5 Å². The van der Waals surface area contributed by atoms with E-state index < -0.39 is 22.6 Å². The lowest BCUT2D eigenvalue weighted by Crippen LogP contribution is -2.33. The highest BCUT2D eigenvalue weighted by molar-refractivity contribution is 5.75. The van der Waals surface area contributed by atoms with Crippen LogP contribution in [0.4, 0.5) is 5.69 Å². The third-order valence-electron chi connectivity index (χ3n) is 2.19. The molecule has 0 saturated carbocycles. The zero-order valence-electron chi connectivity index (χ0n) is 9.49. The molecule has 0 aromatic carbocycles. The van der Waals surface area contributed by atoms with Crippen molar-refractivity contribution in [2.75, 3.05) is 7.11 Å². The van der Waals surface area contributed by atoms with Gasteiger partial charge in [-0.05, 0) is 12.0 Å². The number of carbonyl (C=O) groups is 1. The molecule has 0 aliphatic heterocycles. The van der Waals surface area contributed by atoms with Crippen molar-refractivity contribution in [3.8, 4) is 6.07 Å². The van der Waals surface area contributed by atoms with E-state index in [0.717, 1.165) is 0 Å². The van der Waals surface area contributed by atoms with Crippen molar-refractivity contribution in [2.24, 2.45) is 5.73 Å².